The molecular weight excluding hydrogens is 259 g/mol. The maximum absolute atomic E-state index is 5.92. The van der Waals surface area contributed by atoms with E-state index in [2.05, 4.69) is 9.88 Å². The molecule has 0 aliphatic carbocycles. The van der Waals surface area contributed by atoms with Crippen LogP contribution < -0.4 is 4.74 Å². The summed E-state index contributed by atoms with van der Waals surface area (Å²) in [6.07, 6.45) is 2.60. The van der Waals surface area contributed by atoms with Crippen LogP contribution in [-0.2, 0) is 5.88 Å². The molecule has 0 radical (unpaired) electrons. The summed E-state index contributed by atoms with van der Waals surface area (Å²) in [5.41, 5.74) is 0.673. The minimum atomic E-state index is 0.308. The molecule has 1 aromatic heterocycles. The van der Waals surface area contributed by atoms with E-state index >= 15 is 0 Å². The molecule has 0 bridgehead atoms. The first kappa shape index (κ1) is 12.9. The maximum Gasteiger partial charge on any atom is 0.213 e. The quantitative estimate of drug-likeness (QED) is 0.772. The lowest BCUT2D eigenvalue weighted by Gasteiger charge is -2.14. The normalized spacial score (nSPS) is 16.4. The highest BCUT2D eigenvalue weighted by Crippen LogP contribution is 2.19. The Kier molecular flexibility index (Phi) is 4.89. The van der Waals surface area contributed by atoms with Gasteiger partial charge in [0.05, 0.1) is 16.6 Å². The van der Waals surface area contributed by atoms with E-state index in [0.29, 0.717) is 29.1 Å². The van der Waals surface area contributed by atoms with Gasteiger partial charge in [0.15, 0.2) is 0 Å². The van der Waals surface area contributed by atoms with Crippen molar-refractivity contribution in [2.75, 3.05) is 26.2 Å². The van der Waals surface area contributed by atoms with E-state index in [-0.39, 0.29) is 0 Å². The predicted molar refractivity (Wildman–Crippen MR) is 70.0 cm³/mol. The zero-order chi connectivity index (χ0) is 12.1. The van der Waals surface area contributed by atoms with Crippen molar-refractivity contribution in [1.82, 2.24) is 9.88 Å². The number of halogens is 2. The van der Waals surface area contributed by atoms with Crippen molar-refractivity contribution in [3.8, 4) is 5.88 Å². The van der Waals surface area contributed by atoms with E-state index in [1.807, 2.05) is 0 Å². The van der Waals surface area contributed by atoms with Crippen molar-refractivity contribution >= 4 is 23.2 Å². The molecule has 94 valence electrons. The summed E-state index contributed by atoms with van der Waals surface area (Å²) in [7, 11) is 0. The number of hydrogen-bond donors (Lipinski definition) is 0. The Labute approximate surface area is 112 Å². The number of nitrogens with zero attached hydrogens (tertiary/aromatic N) is 2. The van der Waals surface area contributed by atoms with E-state index < -0.39 is 0 Å². The maximum atomic E-state index is 5.92. The largest absolute Gasteiger partial charge is 0.476 e. The number of likely N-dealkylation sites (tertiary alicyclic amines) is 1. The van der Waals surface area contributed by atoms with E-state index in [0.717, 1.165) is 6.54 Å². The Bertz CT molecular complexity index is 368. The van der Waals surface area contributed by atoms with Gasteiger partial charge in [-0.15, -0.1) is 11.6 Å². The van der Waals surface area contributed by atoms with Crippen molar-refractivity contribution < 1.29 is 4.74 Å². The molecule has 17 heavy (non-hydrogen) atoms. The van der Waals surface area contributed by atoms with Crippen molar-refractivity contribution in [3.63, 3.8) is 0 Å². The highest BCUT2D eigenvalue weighted by molar-refractivity contribution is 6.32. The van der Waals surface area contributed by atoms with Crippen LogP contribution in [0.15, 0.2) is 12.1 Å². The molecule has 2 rings (SSSR count). The lowest BCUT2D eigenvalue weighted by Crippen LogP contribution is -2.25. The Balaban J connectivity index is 1.81. The number of ether oxygens (including phenoxy) is 1. The Morgan fingerprint density at radius 3 is 2.76 bits per heavy atom. The van der Waals surface area contributed by atoms with Crippen LogP contribution >= 0.6 is 23.2 Å². The van der Waals surface area contributed by atoms with Gasteiger partial charge in [-0.05, 0) is 32.0 Å². The monoisotopic (exact) mass is 274 g/mol. The van der Waals surface area contributed by atoms with Crippen LogP contribution in [0.1, 0.15) is 18.5 Å². The number of aromatic nitrogens is 1. The smallest absolute Gasteiger partial charge is 0.213 e. The number of pyridine rings is 1. The Hall–Kier alpha value is -0.510. The fourth-order valence-electron chi connectivity index (χ4n) is 1.92. The van der Waals surface area contributed by atoms with Gasteiger partial charge in [-0.1, -0.05) is 11.6 Å². The van der Waals surface area contributed by atoms with Gasteiger partial charge in [0.2, 0.25) is 5.88 Å². The number of alkyl halides is 1. The highest BCUT2D eigenvalue weighted by Gasteiger charge is 2.11. The molecule has 0 N–H and O–H groups in total. The topological polar surface area (TPSA) is 25.4 Å². The lowest BCUT2D eigenvalue weighted by molar-refractivity contribution is 0.231. The first-order valence-electron chi connectivity index (χ1n) is 5.86. The highest BCUT2D eigenvalue weighted by atomic mass is 35.5. The summed E-state index contributed by atoms with van der Waals surface area (Å²) in [6.45, 7) is 3.99. The summed E-state index contributed by atoms with van der Waals surface area (Å²) < 4.78 is 5.60. The molecule has 0 aromatic carbocycles. The molecule has 0 spiro atoms. The fourth-order valence-corrected chi connectivity index (χ4v) is 2.37. The number of hydrogen-bond acceptors (Lipinski definition) is 3. The summed E-state index contributed by atoms with van der Waals surface area (Å²) in [5, 5.41) is 0.590. The van der Waals surface area contributed by atoms with Gasteiger partial charge in [0.1, 0.15) is 6.61 Å². The van der Waals surface area contributed by atoms with Crippen LogP contribution in [0.5, 0.6) is 5.88 Å². The van der Waals surface area contributed by atoms with Crippen molar-refractivity contribution in [2.45, 2.75) is 18.7 Å². The van der Waals surface area contributed by atoms with Gasteiger partial charge in [0, 0.05) is 12.6 Å². The second-order valence-electron chi connectivity index (χ2n) is 4.11. The van der Waals surface area contributed by atoms with Crippen LogP contribution in [0.4, 0.5) is 0 Å². The molecule has 0 atom stereocenters. The second kappa shape index (κ2) is 6.43. The van der Waals surface area contributed by atoms with Crippen LogP contribution in [0.25, 0.3) is 0 Å². The average Bonchev–Trinajstić information content (AvgIpc) is 2.84. The third kappa shape index (κ3) is 3.73. The van der Waals surface area contributed by atoms with Crippen molar-refractivity contribution in [2.24, 2.45) is 0 Å². The lowest BCUT2D eigenvalue weighted by atomic mass is 10.4. The fraction of sp³-hybridized carbons (Fsp3) is 0.583. The zero-order valence-electron chi connectivity index (χ0n) is 9.66. The average molecular weight is 275 g/mol. The van der Waals surface area contributed by atoms with Gasteiger partial charge in [-0.25, -0.2) is 4.98 Å². The third-order valence-electron chi connectivity index (χ3n) is 2.88. The summed E-state index contributed by atoms with van der Waals surface area (Å²) in [4.78, 5) is 6.65. The van der Waals surface area contributed by atoms with Gasteiger partial charge >= 0.3 is 0 Å². The molecule has 1 saturated heterocycles. The van der Waals surface area contributed by atoms with Crippen molar-refractivity contribution in [1.29, 1.82) is 0 Å². The minimum Gasteiger partial charge on any atom is -0.476 e. The molecule has 1 fully saturated rings. The Morgan fingerprint density at radius 2 is 2.06 bits per heavy atom. The van der Waals surface area contributed by atoms with E-state index in [1.165, 1.54) is 25.9 Å². The van der Waals surface area contributed by atoms with Gasteiger partial charge < -0.3 is 4.74 Å². The van der Waals surface area contributed by atoms with Gasteiger partial charge in [0.25, 0.3) is 0 Å². The van der Waals surface area contributed by atoms with Gasteiger partial charge in [-0.2, -0.15) is 0 Å². The van der Waals surface area contributed by atoms with E-state index in [9.17, 15) is 0 Å². The SMILES string of the molecule is ClCc1nc(OCCN2CCCC2)ccc1Cl. The van der Waals surface area contributed by atoms with E-state index in [4.69, 9.17) is 27.9 Å². The molecule has 1 aliphatic rings. The number of rotatable bonds is 5. The molecule has 1 aliphatic heterocycles. The van der Waals surface area contributed by atoms with E-state index in [1.54, 1.807) is 12.1 Å². The Morgan fingerprint density at radius 1 is 1.29 bits per heavy atom. The molecule has 1 aromatic rings. The minimum absolute atomic E-state index is 0.308. The molecule has 0 amide bonds. The summed E-state index contributed by atoms with van der Waals surface area (Å²) in [5.74, 6) is 0.909. The molecular formula is C12H16Cl2N2O. The van der Waals surface area contributed by atoms with Gasteiger partial charge in [-0.3, -0.25) is 4.90 Å². The molecule has 2 heterocycles. The van der Waals surface area contributed by atoms with Crippen LogP contribution in [-0.4, -0.2) is 36.1 Å². The zero-order valence-corrected chi connectivity index (χ0v) is 11.2. The van der Waals surface area contributed by atoms with Crippen molar-refractivity contribution in [3.05, 3.63) is 22.8 Å². The summed E-state index contributed by atoms with van der Waals surface area (Å²) in [6, 6.07) is 3.56. The first-order valence-corrected chi connectivity index (χ1v) is 6.77. The standard InChI is InChI=1S/C12H16Cl2N2O/c13-9-11-10(14)3-4-12(15-11)17-8-7-16-5-1-2-6-16/h3-4H,1-2,5-9H2. The first-order chi connectivity index (χ1) is 8.29. The third-order valence-corrected chi connectivity index (χ3v) is 3.47. The summed E-state index contributed by atoms with van der Waals surface area (Å²) >= 11 is 11.7. The van der Waals surface area contributed by atoms with Crippen LogP contribution in [0.2, 0.25) is 5.02 Å². The van der Waals surface area contributed by atoms with Crippen LogP contribution in [0, 0.1) is 0 Å². The molecule has 5 heteroatoms. The molecule has 0 unspecified atom stereocenters. The second-order valence-corrected chi connectivity index (χ2v) is 4.78. The molecule has 3 nitrogen and oxygen atoms in total. The predicted octanol–water partition coefficient (Wildman–Crippen LogP) is 2.95. The molecule has 0 saturated carbocycles. The van der Waals surface area contributed by atoms with Crippen LogP contribution in [0.3, 0.4) is 0 Å².